The van der Waals surface area contributed by atoms with Crippen LogP contribution < -0.4 is 4.90 Å². The largest absolute Gasteiger partial charge is 0.310 e. The Morgan fingerprint density at radius 1 is 0.645 bits per heavy atom. The molecule has 0 saturated carbocycles. The van der Waals surface area contributed by atoms with Crippen LogP contribution in [0.2, 0.25) is 0 Å². The van der Waals surface area contributed by atoms with Gasteiger partial charge >= 0.3 is 0 Å². The van der Waals surface area contributed by atoms with E-state index in [1.165, 1.54) is 33.8 Å². The van der Waals surface area contributed by atoms with Crippen molar-refractivity contribution < 1.29 is 0 Å². The van der Waals surface area contributed by atoms with E-state index < -0.39 is 0 Å². The van der Waals surface area contributed by atoms with Crippen molar-refractivity contribution in [1.82, 2.24) is 0 Å². The molecule has 0 N–H and O–H groups in total. The van der Waals surface area contributed by atoms with E-state index in [1.54, 1.807) is 0 Å². The van der Waals surface area contributed by atoms with Crippen LogP contribution in [0.1, 0.15) is 78.5 Å². The highest BCUT2D eigenvalue weighted by Crippen LogP contribution is 2.37. The third-order valence-electron chi connectivity index (χ3n) is 6.04. The second kappa shape index (κ2) is 10.2. The predicted molar refractivity (Wildman–Crippen MR) is 139 cm³/mol. The maximum atomic E-state index is 2.35. The average molecular weight is 416 g/mol. The molecule has 0 amide bonds. The fraction of sp³-hybridized carbons (Fsp3) is 0.400. The van der Waals surface area contributed by atoms with Gasteiger partial charge in [0.2, 0.25) is 0 Å². The Morgan fingerprint density at radius 3 is 1.55 bits per heavy atom. The Bertz CT molecular complexity index is 941. The van der Waals surface area contributed by atoms with Gasteiger partial charge in [-0.2, -0.15) is 0 Å². The van der Waals surface area contributed by atoms with Crippen LogP contribution in [-0.4, -0.2) is 0 Å². The van der Waals surface area contributed by atoms with E-state index in [0.717, 1.165) is 6.42 Å². The maximum Gasteiger partial charge on any atom is 0.0464 e. The topological polar surface area (TPSA) is 3.24 Å². The van der Waals surface area contributed by atoms with E-state index in [-0.39, 0.29) is 10.8 Å². The molecule has 0 radical (unpaired) electrons. The average Bonchev–Trinajstić information content (AvgIpc) is 2.76. The Morgan fingerprint density at radius 2 is 1.13 bits per heavy atom. The standard InChI is InChI=1S/C28H35N.C2H6/c1-8-28(6,7)23-14-18-25(19-15-23)29(26-11-9-10-21(2)20-26)24-16-12-22(13-17-24)27(3,4)5;1-2/h9-20H,8H2,1-7H3;1-2H3. The minimum absolute atomic E-state index is 0.153. The van der Waals surface area contributed by atoms with Gasteiger partial charge in [0.1, 0.15) is 0 Å². The van der Waals surface area contributed by atoms with Crippen LogP contribution in [0.3, 0.4) is 0 Å². The van der Waals surface area contributed by atoms with Crippen LogP contribution in [0.15, 0.2) is 72.8 Å². The third kappa shape index (κ3) is 6.00. The summed E-state index contributed by atoms with van der Waals surface area (Å²) in [6.07, 6.45) is 1.13. The molecule has 31 heavy (non-hydrogen) atoms. The summed E-state index contributed by atoms with van der Waals surface area (Å²) in [6.45, 7) is 19.8. The summed E-state index contributed by atoms with van der Waals surface area (Å²) < 4.78 is 0. The summed E-state index contributed by atoms with van der Waals surface area (Å²) in [5.41, 5.74) is 7.92. The van der Waals surface area contributed by atoms with Gasteiger partial charge in [-0.1, -0.05) is 91.8 Å². The molecule has 3 aromatic carbocycles. The summed E-state index contributed by atoms with van der Waals surface area (Å²) >= 11 is 0. The van der Waals surface area contributed by atoms with Crippen LogP contribution in [0.5, 0.6) is 0 Å². The van der Waals surface area contributed by atoms with Crippen molar-refractivity contribution in [3.8, 4) is 0 Å². The number of hydrogen-bond donors (Lipinski definition) is 0. The molecular weight excluding hydrogens is 374 g/mol. The molecule has 0 fully saturated rings. The summed E-state index contributed by atoms with van der Waals surface area (Å²) in [4.78, 5) is 2.35. The first-order valence-corrected chi connectivity index (χ1v) is 11.7. The van der Waals surface area contributed by atoms with Gasteiger partial charge in [-0.3, -0.25) is 0 Å². The maximum absolute atomic E-state index is 2.35. The molecule has 0 heterocycles. The Kier molecular flexibility index (Phi) is 8.12. The lowest BCUT2D eigenvalue weighted by molar-refractivity contribution is 0.506. The first-order valence-electron chi connectivity index (χ1n) is 11.7. The van der Waals surface area contributed by atoms with Crippen molar-refractivity contribution in [2.45, 2.75) is 79.6 Å². The Balaban J connectivity index is 0.00000166. The van der Waals surface area contributed by atoms with Crippen molar-refractivity contribution in [2.75, 3.05) is 4.90 Å². The Labute approximate surface area is 191 Å². The highest BCUT2D eigenvalue weighted by atomic mass is 15.1. The van der Waals surface area contributed by atoms with Gasteiger partial charge in [0, 0.05) is 17.1 Å². The SMILES string of the molecule is CC.CCC(C)(C)c1ccc(N(c2ccc(C(C)(C)C)cc2)c2cccc(C)c2)cc1. The second-order valence-electron chi connectivity index (χ2n) is 9.76. The van der Waals surface area contributed by atoms with Gasteiger partial charge in [-0.05, 0) is 77.3 Å². The van der Waals surface area contributed by atoms with Gasteiger partial charge in [0.05, 0.1) is 0 Å². The van der Waals surface area contributed by atoms with Crippen molar-refractivity contribution in [2.24, 2.45) is 0 Å². The summed E-state index contributed by atoms with van der Waals surface area (Å²) in [6, 6.07) is 26.8. The quantitative estimate of drug-likeness (QED) is 0.401. The number of nitrogens with zero attached hydrogens (tertiary/aromatic N) is 1. The summed E-state index contributed by atoms with van der Waals surface area (Å²) in [5.74, 6) is 0. The first-order chi connectivity index (χ1) is 14.6. The van der Waals surface area contributed by atoms with Crippen LogP contribution in [0.4, 0.5) is 17.1 Å². The van der Waals surface area contributed by atoms with E-state index in [1.807, 2.05) is 13.8 Å². The lowest BCUT2D eigenvalue weighted by atomic mass is 9.82. The van der Waals surface area contributed by atoms with E-state index in [0.29, 0.717) is 0 Å². The number of hydrogen-bond acceptors (Lipinski definition) is 1. The molecule has 1 nitrogen and oxygen atoms in total. The molecule has 0 aliphatic carbocycles. The van der Waals surface area contributed by atoms with Crippen LogP contribution >= 0.6 is 0 Å². The van der Waals surface area contributed by atoms with Crippen molar-refractivity contribution in [3.05, 3.63) is 89.5 Å². The zero-order valence-electron chi connectivity index (χ0n) is 21.1. The number of aryl methyl sites for hydroxylation is 1. The number of anilines is 3. The monoisotopic (exact) mass is 415 g/mol. The predicted octanol–water partition coefficient (Wildman–Crippen LogP) is 9.48. The normalized spacial score (nSPS) is 11.5. The smallest absolute Gasteiger partial charge is 0.0464 e. The lowest BCUT2D eigenvalue weighted by Crippen LogP contribution is -2.16. The molecule has 3 aromatic rings. The molecule has 0 bridgehead atoms. The molecule has 0 aliphatic heterocycles. The molecule has 0 unspecified atom stereocenters. The minimum atomic E-state index is 0.153. The molecule has 0 aromatic heterocycles. The number of rotatable bonds is 5. The summed E-state index contributed by atoms with van der Waals surface area (Å²) in [5, 5.41) is 0. The Hall–Kier alpha value is -2.54. The number of benzene rings is 3. The van der Waals surface area contributed by atoms with Crippen LogP contribution in [0.25, 0.3) is 0 Å². The van der Waals surface area contributed by atoms with Crippen molar-refractivity contribution >= 4 is 17.1 Å². The molecule has 166 valence electrons. The molecular formula is C30H41N. The molecule has 3 rings (SSSR count). The van der Waals surface area contributed by atoms with Crippen molar-refractivity contribution in [3.63, 3.8) is 0 Å². The van der Waals surface area contributed by atoms with Gasteiger partial charge in [-0.25, -0.2) is 0 Å². The fourth-order valence-corrected chi connectivity index (χ4v) is 3.59. The van der Waals surface area contributed by atoms with Gasteiger partial charge in [-0.15, -0.1) is 0 Å². The molecule has 1 heteroatoms. The second-order valence-corrected chi connectivity index (χ2v) is 9.76. The van der Waals surface area contributed by atoms with Gasteiger partial charge in [0.15, 0.2) is 0 Å². The molecule has 0 aliphatic rings. The van der Waals surface area contributed by atoms with E-state index in [4.69, 9.17) is 0 Å². The van der Waals surface area contributed by atoms with Crippen molar-refractivity contribution in [1.29, 1.82) is 0 Å². The fourth-order valence-electron chi connectivity index (χ4n) is 3.59. The highest BCUT2D eigenvalue weighted by molar-refractivity contribution is 5.77. The third-order valence-corrected chi connectivity index (χ3v) is 6.04. The lowest BCUT2D eigenvalue weighted by Gasteiger charge is -2.29. The van der Waals surface area contributed by atoms with Crippen LogP contribution in [0, 0.1) is 6.92 Å². The zero-order valence-corrected chi connectivity index (χ0v) is 21.1. The summed E-state index contributed by atoms with van der Waals surface area (Å²) in [7, 11) is 0. The highest BCUT2D eigenvalue weighted by Gasteiger charge is 2.20. The van der Waals surface area contributed by atoms with E-state index in [2.05, 4.69) is 126 Å². The zero-order chi connectivity index (χ0) is 23.2. The minimum Gasteiger partial charge on any atom is -0.310 e. The molecule has 0 saturated heterocycles. The van der Waals surface area contributed by atoms with E-state index >= 15 is 0 Å². The first kappa shape index (κ1) is 24.7. The van der Waals surface area contributed by atoms with Crippen LogP contribution in [-0.2, 0) is 10.8 Å². The van der Waals surface area contributed by atoms with Gasteiger partial charge < -0.3 is 4.90 Å². The molecule has 0 spiro atoms. The van der Waals surface area contributed by atoms with Gasteiger partial charge in [0.25, 0.3) is 0 Å². The molecule has 0 atom stereocenters. The van der Waals surface area contributed by atoms with E-state index in [9.17, 15) is 0 Å².